The van der Waals surface area contributed by atoms with Crippen molar-refractivity contribution < 1.29 is 19.6 Å². The van der Waals surface area contributed by atoms with Gasteiger partial charge in [0.2, 0.25) is 0 Å². The van der Waals surface area contributed by atoms with Crippen LogP contribution >= 0.6 is 11.8 Å². The van der Waals surface area contributed by atoms with E-state index in [1.807, 2.05) is 0 Å². The van der Waals surface area contributed by atoms with Crippen LogP contribution in [0.25, 0.3) is 0 Å². The third-order valence-corrected chi connectivity index (χ3v) is 3.58. The number of carbonyl (C=O) groups is 2. The average molecular weight is 324 g/mol. The number of nitrogens with zero attached hydrogens (tertiary/aromatic N) is 1. The normalized spacial score (nSPS) is 12.1. The number of hydrogen-bond donors (Lipinski definition) is 2. The van der Waals surface area contributed by atoms with E-state index in [-0.39, 0.29) is 17.7 Å². The van der Waals surface area contributed by atoms with Crippen LogP contribution in [0.3, 0.4) is 0 Å². The molecule has 0 heterocycles. The highest BCUT2D eigenvalue weighted by Crippen LogP contribution is 2.24. The number of nitro benzene ring substituents is 1. The summed E-state index contributed by atoms with van der Waals surface area (Å²) in [4.78, 5) is 34.4. The topological polar surface area (TPSA) is 110 Å². The van der Waals surface area contributed by atoms with Gasteiger partial charge in [0, 0.05) is 11.0 Å². The summed E-state index contributed by atoms with van der Waals surface area (Å²) in [6.45, 7) is 1.73. The van der Waals surface area contributed by atoms with E-state index < -0.39 is 22.8 Å². The molecule has 1 amide bonds. The molecule has 0 radical (unpaired) electrons. The van der Waals surface area contributed by atoms with Crippen LogP contribution in [0.4, 0.5) is 5.69 Å². The summed E-state index contributed by atoms with van der Waals surface area (Å²) in [6.07, 6.45) is 5.15. The zero-order valence-electron chi connectivity index (χ0n) is 12.1. The Morgan fingerprint density at radius 2 is 2.18 bits per heavy atom. The molecule has 0 aromatic heterocycles. The molecular formula is C14H16N2O5S. The number of thioether (sulfide) groups is 1. The van der Waals surface area contributed by atoms with Gasteiger partial charge in [0.05, 0.1) is 4.92 Å². The zero-order valence-corrected chi connectivity index (χ0v) is 12.9. The van der Waals surface area contributed by atoms with E-state index in [2.05, 4.69) is 5.32 Å². The minimum Gasteiger partial charge on any atom is -0.480 e. The molecule has 0 saturated carbocycles. The van der Waals surface area contributed by atoms with E-state index in [0.717, 1.165) is 0 Å². The molecule has 1 aromatic carbocycles. The summed E-state index contributed by atoms with van der Waals surface area (Å²) < 4.78 is 0. The van der Waals surface area contributed by atoms with Gasteiger partial charge in [0.1, 0.15) is 11.6 Å². The van der Waals surface area contributed by atoms with Gasteiger partial charge in [-0.1, -0.05) is 12.2 Å². The number of aliphatic carboxylic acids is 1. The maximum Gasteiger partial charge on any atom is 0.326 e. The zero-order chi connectivity index (χ0) is 16.7. The quantitative estimate of drug-likeness (QED) is 0.345. The molecule has 0 aliphatic rings. The molecule has 7 nitrogen and oxygen atoms in total. The first-order valence-corrected chi connectivity index (χ1v) is 7.60. The van der Waals surface area contributed by atoms with Gasteiger partial charge in [-0.3, -0.25) is 14.9 Å². The molecule has 1 atom stereocenters. The standard InChI is InChI=1S/C14H16N2O5S/c1-3-4-5-11(14(18)19)15-13(17)10-8-9(22-2)6-7-12(10)16(20)21/h3-4,6-8,11H,5H2,1-2H3,(H,15,17)(H,18,19)/b4-3+. The minimum absolute atomic E-state index is 0.105. The highest BCUT2D eigenvalue weighted by Gasteiger charge is 2.25. The van der Waals surface area contributed by atoms with Gasteiger partial charge in [0.15, 0.2) is 0 Å². The number of nitro groups is 1. The van der Waals surface area contributed by atoms with Gasteiger partial charge in [-0.25, -0.2) is 4.79 Å². The van der Waals surface area contributed by atoms with Crippen molar-refractivity contribution in [1.82, 2.24) is 5.32 Å². The van der Waals surface area contributed by atoms with Crippen molar-refractivity contribution in [3.8, 4) is 0 Å². The Labute approximate surface area is 131 Å². The van der Waals surface area contributed by atoms with Crippen LogP contribution in [0.1, 0.15) is 23.7 Å². The highest BCUT2D eigenvalue weighted by atomic mass is 32.2. The van der Waals surface area contributed by atoms with Crippen LogP contribution in [-0.2, 0) is 4.79 Å². The van der Waals surface area contributed by atoms with E-state index in [0.29, 0.717) is 4.90 Å². The molecule has 1 unspecified atom stereocenters. The lowest BCUT2D eigenvalue weighted by atomic mass is 10.1. The molecule has 0 bridgehead atoms. The molecule has 8 heteroatoms. The second kappa shape index (κ2) is 8.18. The average Bonchev–Trinajstić information content (AvgIpc) is 2.49. The molecule has 0 spiro atoms. The van der Waals surface area contributed by atoms with Gasteiger partial charge in [0.25, 0.3) is 11.6 Å². The fraction of sp³-hybridized carbons (Fsp3) is 0.286. The maximum absolute atomic E-state index is 12.2. The molecule has 2 N–H and O–H groups in total. The van der Waals surface area contributed by atoms with E-state index in [9.17, 15) is 19.7 Å². The van der Waals surface area contributed by atoms with Crippen molar-refractivity contribution >= 4 is 29.3 Å². The van der Waals surface area contributed by atoms with Crippen LogP contribution in [0, 0.1) is 10.1 Å². The largest absolute Gasteiger partial charge is 0.480 e. The molecule has 1 rings (SSSR count). The van der Waals surface area contributed by atoms with Gasteiger partial charge >= 0.3 is 5.97 Å². The fourth-order valence-corrected chi connectivity index (χ4v) is 2.15. The first-order valence-electron chi connectivity index (χ1n) is 6.38. The number of hydrogen-bond acceptors (Lipinski definition) is 5. The molecular weight excluding hydrogens is 308 g/mol. The summed E-state index contributed by atoms with van der Waals surface area (Å²) in [5, 5.41) is 22.4. The number of allylic oxidation sites excluding steroid dienone is 1. The Bertz CT molecular complexity index is 615. The first kappa shape index (κ1) is 17.7. The van der Waals surface area contributed by atoms with Crippen molar-refractivity contribution in [3.63, 3.8) is 0 Å². The van der Waals surface area contributed by atoms with Gasteiger partial charge < -0.3 is 10.4 Å². The van der Waals surface area contributed by atoms with E-state index in [4.69, 9.17) is 5.11 Å². The monoisotopic (exact) mass is 324 g/mol. The van der Waals surface area contributed by atoms with E-state index in [1.54, 1.807) is 25.3 Å². The van der Waals surface area contributed by atoms with Crippen LogP contribution in [-0.4, -0.2) is 34.2 Å². The molecule has 0 aliphatic carbocycles. The van der Waals surface area contributed by atoms with E-state index in [1.165, 1.54) is 30.0 Å². The summed E-state index contributed by atoms with van der Waals surface area (Å²) in [7, 11) is 0. The fourth-order valence-electron chi connectivity index (χ4n) is 1.71. The number of benzene rings is 1. The molecule has 0 saturated heterocycles. The van der Waals surface area contributed by atoms with Gasteiger partial charge in [-0.05, 0) is 31.7 Å². The van der Waals surface area contributed by atoms with Gasteiger partial charge in [-0.15, -0.1) is 11.8 Å². The number of amides is 1. The van der Waals surface area contributed by atoms with Crippen molar-refractivity contribution in [2.24, 2.45) is 0 Å². The Balaban J connectivity index is 3.09. The number of carboxylic acids is 1. The van der Waals surface area contributed by atoms with Crippen molar-refractivity contribution in [2.45, 2.75) is 24.3 Å². The SMILES string of the molecule is C/C=C/CC(NC(=O)c1cc(SC)ccc1[N+](=O)[O-])C(=O)O. The second-order valence-corrected chi connectivity index (χ2v) is 5.19. The number of carbonyl (C=O) groups excluding carboxylic acids is 1. The predicted octanol–water partition coefficient (Wildman–Crippen LogP) is 2.47. The van der Waals surface area contributed by atoms with Crippen molar-refractivity contribution in [1.29, 1.82) is 0 Å². The van der Waals surface area contributed by atoms with E-state index >= 15 is 0 Å². The Hall–Kier alpha value is -2.35. The Morgan fingerprint density at radius 1 is 1.50 bits per heavy atom. The van der Waals surface area contributed by atoms with Crippen LogP contribution in [0.2, 0.25) is 0 Å². The molecule has 118 valence electrons. The molecule has 22 heavy (non-hydrogen) atoms. The van der Waals surface area contributed by atoms with Gasteiger partial charge in [-0.2, -0.15) is 0 Å². The van der Waals surface area contributed by atoms with Crippen molar-refractivity contribution in [2.75, 3.05) is 6.26 Å². The van der Waals surface area contributed by atoms with Crippen LogP contribution in [0.15, 0.2) is 35.2 Å². The molecule has 0 fully saturated rings. The van der Waals surface area contributed by atoms with Crippen LogP contribution in [0.5, 0.6) is 0 Å². The molecule has 0 aliphatic heterocycles. The lowest BCUT2D eigenvalue weighted by molar-refractivity contribution is -0.385. The van der Waals surface area contributed by atoms with Crippen molar-refractivity contribution in [3.05, 3.63) is 46.0 Å². The lowest BCUT2D eigenvalue weighted by Crippen LogP contribution is -2.40. The number of rotatable bonds is 7. The third kappa shape index (κ3) is 4.59. The summed E-state index contributed by atoms with van der Waals surface area (Å²) >= 11 is 1.33. The predicted molar refractivity (Wildman–Crippen MR) is 83.2 cm³/mol. The number of nitrogens with one attached hydrogen (secondary N) is 1. The first-order chi connectivity index (χ1) is 10.4. The Kier molecular flexibility index (Phi) is 6.58. The van der Waals surface area contributed by atoms with Crippen LogP contribution < -0.4 is 5.32 Å². The highest BCUT2D eigenvalue weighted by molar-refractivity contribution is 7.98. The molecule has 1 aromatic rings. The lowest BCUT2D eigenvalue weighted by Gasteiger charge is -2.13. The third-order valence-electron chi connectivity index (χ3n) is 2.86. The summed E-state index contributed by atoms with van der Waals surface area (Å²) in [5.74, 6) is -1.98. The second-order valence-electron chi connectivity index (χ2n) is 4.31. The maximum atomic E-state index is 12.2. The smallest absolute Gasteiger partial charge is 0.326 e. The minimum atomic E-state index is -1.20. The summed E-state index contributed by atoms with van der Waals surface area (Å²) in [6, 6.07) is 3.02. The summed E-state index contributed by atoms with van der Waals surface area (Å²) in [5.41, 5.74) is -0.506. The Morgan fingerprint density at radius 3 is 2.68 bits per heavy atom. The number of carboxylic acid groups (broad SMARTS) is 1.